The number of aliphatic imine (C=N–C) groups is 1. The lowest BCUT2D eigenvalue weighted by Gasteiger charge is -2.16. The van der Waals surface area contributed by atoms with E-state index in [1.54, 1.807) is 18.2 Å². The van der Waals surface area contributed by atoms with Crippen LogP contribution in [-0.4, -0.2) is 43.8 Å². The highest BCUT2D eigenvalue weighted by Crippen LogP contribution is 2.26. The second kappa shape index (κ2) is 4.72. The summed E-state index contributed by atoms with van der Waals surface area (Å²) >= 11 is 0. The number of hydrogen-bond acceptors (Lipinski definition) is 4. The molecular weight excluding hydrogens is 246 g/mol. The van der Waals surface area contributed by atoms with E-state index in [9.17, 15) is 9.59 Å². The smallest absolute Gasteiger partial charge is 0.270 e. The van der Waals surface area contributed by atoms with Gasteiger partial charge < -0.3 is 15.4 Å². The van der Waals surface area contributed by atoms with Crippen LogP contribution in [0, 0.1) is 0 Å². The Balaban J connectivity index is 2.12. The summed E-state index contributed by atoms with van der Waals surface area (Å²) in [5.41, 5.74) is 1.35. The average molecular weight is 259 g/mol. The summed E-state index contributed by atoms with van der Waals surface area (Å²) < 4.78 is 5.61. The number of carbonyl (C=O) groups excluding carboxylic acids is 2. The molecule has 19 heavy (non-hydrogen) atoms. The second-order valence-corrected chi connectivity index (χ2v) is 4.27. The molecule has 2 N–H and O–H groups in total. The van der Waals surface area contributed by atoms with Crippen LogP contribution in [0.4, 0.5) is 0 Å². The lowest BCUT2D eigenvalue weighted by atomic mass is 10.0. The minimum absolute atomic E-state index is 0.189. The molecule has 0 saturated heterocycles. The summed E-state index contributed by atoms with van der Waals surface area (Å²) in [6.07, 6.45) is 0. The Labute approximate surface area is 109 Å². The van der Waals surface area contributed by atoms with Crippen LogP contribution < -0.4 is 15.4 Å². The molecule has 98 valence electrons. The molecule has 2 amide bonds. The molecule has 2 aliphatic heterocycles. The second-order valence-electron chi connectivity index (χ2n) is 4.27. The zero-order valence-electron chi connectivity index (χ0n) is 10.2. The van der Waals surface area contributed by atoms with Crippen LogP contribution in [0.3, 0.4) is 0 Å². The maximum absolute atomic E-state index is 11.9. The van der Waals surface area contributed by atoms with Crippen molar-refractivity contribution in [2.24, 2.45) is 4.99 Å². The van der Waals surface area contributed by atoms with Gasteiger partial charge in [0.1, 0.15) is 18.1 Å². The highest BCUT2D eigenvalue weighted by atomic mass is 16.5. The third kappa shape index (κ3) is 2.05. The Hall–Kier alpha value is -2.37. The standard InChI is InChI=1S/C13H13N3O3/c17-12-9-3-1-2-8(11(9)19-7-6-16-12)10-13(18)15-5-4-14-10/h1-3H,4-7H2,(H,15,18)(H,16,17). The van der Waals surface area contributed by atoms with Gasteiger partial charge in [0, 0.05) is 12.1 Å². The normalized spacial score (nSPS) is 18.4. The Morgan fingerprint density at radius 1 is 1.05 bits per heavy atom. The van der Waals surface area contributed by atoms with Crippen molar-refractivity contribution in [3.05, 3.63) is 29.3 Å². The van der Waals surface area contributed by atoms with E-state index in [1.807, 2.05) is 0 Å². The van der Waals surface area contributed by atoms with Crippen LogP contribution in [0.2, 0.25) is 0 Å². The molecule has 0 spiro atoms. The molecule has 0 aliphatic carbocycles. The Kier molecular flexibility index (Phi) is 2.91. The van der Waals surface area contributed by atoms with Gasteiger partial charge in [0.2, 0.25) is 0 Å². The molecule has 0 aromatic heterocycles. The quantitative estimate of drug-likeness (QED) is 0.728. The van der Waals surface area contributed by atoms with E-state index in [2.05, 4.69) is 15.6 Å². The van der Waals surface area contributed by atoms with Crippen molar-refractivity contribution in [1.29, 1.82) is 0 Å². The van der Waals surface area contributed by atoms with Crippen molar-refractivity contribution >= 4 is 17.5 Å². The molecule has 0 atom stereocenters. The lowest BCUT2D eigenvalue weighted by Crippen LogP contribution is -2.38. The summed E-state index contributed by atoms with van der Waals surface area (Å²) in [6, 6.07) is 5.16. The fourth-order valence-electron chi connectivity index (χ4n) is 2.17. The minimum Gasteiger partial charge on any atom is -0.490 e. The van der Waals surface area contributed by atoms with Gasteiger partial charge in [-0.2, -0.15) is 0 Å². The van der Waals surface area contributed by atoms with Gasteiger partial charge in [0.05, 0.1) is 18.7 Å². The average Bonchev–Trinajstić information content (AvgIpc) is 2.62. The summed E-state index contributed by atoms with van der Waals surface area (Å²) in [6.45, 7) is 1.91. The van der Waals surface area contributed by atoms with Gasteiger partial charge in [-0.15, -0.1) is 0 Å². The van der Waals surface area contributed by atoms with E-state index in [4.69, 9.17) is 4.74 Å². The minimum atomic E-state index is -0.229. The molecule has 6 nitrogen and oxygen atoms in total. The number of fused-ring (bicyclic) bond motifs is 1. The van der Waals surface area contributed by atoms with Gasteiger partial charge in [0.25, 0.3) is 11.8 Å². The molecule has 0 unspecified atom stereocenters. The van der Waals surface area contributed by atoms with E-state index in [0.717, 1.165) is 0 Å². The van der Waals surface area contributed by atoms with Crippen LogP contribution in [0.1, 0.15) is 15.9 Å². The van der Waals surface area contributed by atoms with Crippen molar-refractivity contribution in [2.75, 3.05) is 26.2 Å². The van der Waals surface area contributed by atoms with Gasteiger partial charge in [-0.05, 0) is 12.1 Å². The SMILES string of the molecule is O=C1NCCN=C1c1cccc2c1OCCNC2=O. The highest BCUT2D eigenvalue weighted by molar-refractivity contribution is 6.46. The van der Waals surface area contributed by atoms with E-state index in [-0.39, 0.29) is 11.8 Å². The first-order chi connectivity index (χ1) is 9.27. The molecule has 0 bridgehead atoms. The number of ether oxygens (including phenoxy) is 1. The zero-order chi connectivity index (χ0) is 13.2. The summed E-state index contributed by atoms with van der Waals surface area (Å²) in [7, 11) is 0. The lowest BCUT2D eigenvalue weighted by molar-refractivity contribution is -0.114. The van der Waals surface area contributed by atoms with Crippen LogP contribution in [0.25, 0.3) is 0 Å². The fraction of sp³-hybridized carbons (Fsp3) is 0.308. The number of nitrogens with zero attached hydrogens (tertiary/aromatic N) is 1. The maximum Gasteiger partial charge on any atom is 0.270 e. The van der Waals surface area contributed by atoms with Crippen molar-refractivity contribution in [1.82, 2.24) is 10.6 Å². The molecule has 6 heteroatoms. The van der Waals surface area contributed by atoms with Crippen LogP contribution >= 0.6 is 0 Å². The molecule has 3 rings (SSSR count). The number of hydrogen-bond donors (Lipinski definition) is 2. The fourth-order valence-corrected chi connectivity index (χ4v) is 2.17. The topological polar surface area (TPSA) is 79.8 Å². The Morgan fingerprint density at radius 3 is 2.68 bits per heavy atom. The van der Waals surface area contributed by atoms with E-state index in [1.165, 1.54) is 0 Å². The molecule has 2 heterocycles. The number of para-hydroxylation sites is 1. The zero-order valence-corrected chi connectivity index (χ0v) is 10.2. The number of benzene rings is 1. The van der Waals surface area contributed by atoms with Gasteiger partial charge in [-0.1, -0.05) is 6.07 Å². The molecule has 0 radical (unpaired) electrons. The van der Waals surface area contributed by atoms with Crippen molar-refractivity contribution in [2.45, 2.75) is 0 Å². The van der Waals surface area contributed by atoms with Gasteiger partial charge in [-0.25, -0.2) is 0 Å². The molecule has 0 fully saturated rings. The maximum atomic E-state index is 11.9. The van der Waals surface area contributed by atoms with Gasteiger partial charge in [0.15, 0.2) is 0 Å². The van der Waals surface area contributed by atoms with Crippen LogP contribution in [0.5, 0.6) is 5.75 Å². The van der Waals surface area contributed by atoms with Crippen molar-refractivity contribution in [3.63, 3.8) is 0 Å². The number of nitrogens with one attached hydrogen (secondary N) is 2. The summed E-state index contributed by atoms with van der Waals surface area (Å²) in [5.74, 6) is 0.0207. The monoisotopic (exact) mass is 259 g/mol. The third-order valence-corrected chi connectivity index (χ3v) is 3.03. The third-order valence-electron chi connectivity index (χ3n) is 3.03. The van der Waals surface area contributed by atoms with E-state index >= 15 is 0 Å². The Morgan fingerprint density at radius 2 is 1.84 bits per heavy atom. The van der Waals surface area contributed by atoms with Crippen molar-refractivity contribution < 1.29 is 14.3 Å². The van der Waals surface area contributed by atoms with Crippen molar-refractivity contribution in [3.8, 4) is 5.75 Å². The van der Waals surface area contributed by atoms with Gasteiger partial charge >= 0.3 is 0 Å². The summed E-state index contributed by atoms with van der Waals surface area (Å²) in [5, 5.41) is 5.48. The molecule has 0 saturated carbocycles. The largest absolute Gasteiger partial charge is 0.490 e. The van der Waals surface area contributed by atoms with E-state index in [0.29, 0.717) is 48.8 Å². The molecule has 1 aromatic rings. The first-order valence-corrected chi connectivity index (χ1v) is 6.14. The number of rotatable bonds is 1. The molecule has 1 aromatic carbocycles. The molecule has 2 aliphatic rings. The highest BCUT2D eigenvalue weighted by Gasteiger charge is 2.25. The Bertz CT molecular complexity index is 580. The van der Waals surface area contributed by atoms with E-state index < -0.39 is 0 Å². The van der Waals surface area contributed by atoms with Crippen LogP contribution in [-0.2, 0) is 4.79 Å². The number of carbonyl (C=O) groups is 2. The van der Waals surface area contributed by atoms with Gasteiger partial charge in [-0.3, -0.25) is 14.6 Å². The first kappa shape index (κ1) is 11.7. The predicted molar refractivity (Wildman–Crippen MR) is 68.7 cm³/mol. The van der Waals surface area contributed by atoms with Crippen LogP contribution in [0.15, 0.2) is 23.2 Å². The first-order valence-electron chi connectivity index (χ1n) is 6.14. The molecular formula is C13H13N3O3. The summed E-state index contributed by atoms with van der Waals surface area (Å²) in [4.78, 5) is 28.0. The number of amides is 2. The predicted octanol–water partition coefficient (Wildman–Crippen LogP) is -0.272.